The largest absolute Gasteiger partial charge is 0.373 e. The fourth-order valence-electron chi connectivity index (χ4n) is 2.80. The van der Waals surface area contributed by atoms with Gasteiger partial charge in [-0.1, -0.05) is 19.3 Å². The fraction of sp³-hybridized carbons (Fsp3) is 0.929. The van der Waals surface area contributed by atoms with Crippen molar-refractivity contribution in [1.29, 1.82) is 0 Å². The Balaban J connectivity index is 1.75. The topological polar surface area (TPSA) is 50.4 Å². The van der Waals surface area contributed by atoms with E-state index in [1.807, 2.05) is 0 Å². The van der Waals surface area contributed by atoms with E-state index in [9.17, 15) is 4.79 Å². The molecular weight excluding hydrogens is 228 g/mol. The van der Waals surface area contributed by atoms with E-state index in [4.69, 9.17) is 4.74 Å². The molecule has 2 N–H and O–H groups in total. The Hall–Kier alpha value is -0.610. The molecule has 2 aliphatic heterocycles. The molecule has 2 unspecified atom stereocenters. The van der Waals surface area contributed by atoms with Gasteiger partial charge in [0.15, 0.2) is 0 Å². The molecule has 2 atom stereocenters. The maximum Gasteiger partial charge on any atom is 0.237 e. The van der Waals surface area contributed by atoms with Gasteiger partial charge in [0.05, 0.1) is 11.6 Å². The van der Waals surface area contributed by atoms with E-state index in [0.717, 1.165) is 38.8 Å². The van der Waals surface area contributed by atoms with Gasteiger partial charge in [0, 0.05) is 13.2 Å². The zero-order valence-corrected chi connectivity index (χ0v) is 11.5. The molecule has 0 saturated carbocycles. The minimum Gasteiger partial charge on any atom is -0.373 e. The molecule has 4 nitrogen and oxygen atoms in total. The molecule has 0 aliphatic carbocycles. The molecule has 104 valence electrons. The van der Waals surface area contributed by atoms with E-state index in [2.05, 4.69) is 17.6 Å². The van der Waals surface area contributed by atoms with Crippen molar-refractivity contribution in [3.8, 4) is 0 Å². The van der Waals surface area contributed by atoms with Crippen LogP contribution in [0.2, 0.25) is 0 Å². The van der Waals surface area contributed by atoms with Gasteiger partial charge in [0.25, 0.3) is 0 Å². The molecule has 0 spiro atoms. The summed E-state index contributed by atoms with van der Waals surface area (Å²) in [6.07, 6.45) is 7.99. The van der Waals surface area contributed by atoms with Crippen molar-refractivity contribution in [1.82, 2.24) is 10.6 Å². The van der Waals surface area contributed by atoms with Crippen LogP contribution in [0.5, 0.6) is 0 Å². The van der Waals surface area contributed by atoms with Crippen LogP contribution in [0.3, 0.4) is 0 Å². The number of amides is 1. The van der Waals surface area contributed by atoms with Gasteiger partial charge in [-0.25, -0.2) is 0 Å². The summed E-state index contributed by atoms with van der Waals surface area (Å²) in [6, 6.07) is -0.00435. The minimum atomic E-state index is -0.142. The van der Waals surface area contributed by atoms with Gasteiger partial charge in [0.2, 0.25) is 5.91 Å². The van der Waals surface area contributed by atoms with Crippen LogP contribution in [0.1, 0.15) is 51.9 Å². The number of carbonyl (C=O) groups excluding carboxylic acids is 1. The highest BCUT2D eigenvalue weighted by atomic mass is 16.5. The summed E-state index contributed by atoms with van der Waals surface area (Å²) in [5.74, 6) is 0.147. The molecule has 2 heterocycles. The molecule has 1 amide bonds. The lowest BCUT2D eigenvalue weighted by atomic mass is 10.0. The van der Waals surface area contributed by atoms with Crippen molar-refractivity contribution in [2.45, 2.75) is 63.5 Å². The molecule has 2 aliphatic rings. The molecule has 0 aromatic rings. The molecule has 0 bridgehead atoms. The highest BCUT2D eigenvalue weighted by Crippen LogP contribution is 2.23. The number of carbonyl (C=O) groups is 1. The van der Waals surface area contributed by atoms with Gasteiger partial charge in [-0.15, -0.1) is 0 Å². The molecule has 18 heavy (non-hydrogen) atoms. The Bertz CT molecular complexity index is 267. The Kier molecular flexibility index (Phi) is 5.01. The molecular formula is C14H26N2O2. The molecule has 2 rings (SSSR count). The molecule has 2 fully saturated rings. The van der Waals surface area contributed by atoms with Crippen LogP contribution in [0.25, 0.3) is 0 Å². The second-order valence-electron chi connectivity index (χ2n) is 5.83. The third-order valence-corrected chi connectivity index (χ3v) is 4.06. The van der Waals surface area contributed by atoms with Crippen molar-refractivity contribution in [3.05, 3.63) is 0 Å². The van der Waals surface area contributed by atoms with Crippen molar-refractivity contribution in [3.63, 3.8) is 0 Å². The van der Waals surface area contributed by atoms with Gasteiger partial charge in [0.1, 0.15) is 0 Å². The third kappa shape index (κ3) is 3.95. The molecule has 0 aromatic heterocycles. The fourth-order valence-corrected chi connectivity index (χ4v) is 2.80. The summed E-state index contributed by atoms with van der Waals surface area (Å²) < 4.78 is 5.69. The molecule has 2 saturated heterocycles. The summed E-state index contributed by atoms with van der Waals surface area (Å²) in [5, 5.41) is 6.41. The van der Waals surface area contributed by atoms with E-state index < -0.39 is 0 Å². The van der Waals surface area contributed by atoms with Crippen molar-refractivity contribution in [2.24, 2.45) is 0 Å². The SMILES string of the molecule is CC1(CNC(=O)C2CCCCCCN2)CCCO1. The van der Waals surface area contributed by atoms with Crippen LogP contribution in [0.15, 0.2) is 0 Å². The lowest BCUT2D eigenvalue weighted by molar-refractivity contribution is -0.124. The first-order valence-corrected chi connectivity index (χ1v) is 7.35. The van der Waals surface area contributed by atoms with E-state index >= 15 is 0 Å². The normalized spacial score (nSPS) is 33.7. The van der Waals surface area contributed by atoms with Crippen LogP contribution in [0.4, 0.5) is 0 Å². The van der Waals surface area contributed by atoms with E-state index in [1.165, 1.54) is 19.3 Å². The average Bonchev–Trinajstić information content (AvgIpc) is 2.73. The summed E-state index contributed by atoms with van der Waals surface area (Å²) in [7, 11) is 0. The number of rotatable bonds is 3. The standard InChI is InChI=1S/C14H26N2O2/c1-14(8-6-10-18-14)11-16-13(17)12-7-4-2-3-5-9-15-12/h12,15H,2-11H2,1H3,(H,16,17). The smallest absolute Gasteiger partial charge is 0.237 e. The Morgan fingerprint density at radius 3 is 2.94 bits per heavy atom. The first-order chi connectivity index (χ1) is 8.70. The predicted octanol–water partition coefficient (Wildman–Crippen LogP) is 1.59. The predicted molar refractivity (Wildman–Crippen MR) is 71.5 cm³/mol. The maximum atomic E-state index is 12.1. The summed E-state index contributed by atoms with van der Waals surface area (Å²) in [6.45, 7) is 4.52. The molecule has 4 heteroatoms. The van der Waals surface area contributed by atoms with Crippen LogP contribution >= 0.6 is 0 Å². The Morgan fingerprint density at radius 2 is 2.17 bits per heavy atom. The first-order valence-electron chi connectivity index (χ1n) is 7.35. The number of hydrogen-bond donors (Lipinski definition) is 2. The lowest BCUT2D eigenvalue weighted by Crippen LogP contribution is -2.49. The number of nitrogens with one attached hydrogen (secondary N) is 2. The van der Waals surface area contributed by atoms with Crippen molar-refractivity contribution in [2.75, 3.05) is 19.7 Å². The van der Waals surface area contributed by atoms with Crippen LogP contribution in [-0.4, -0.2) is 37.2 Å². The highest BCUT2D eigenvalue weighted by Gasteiger charge is 2.31. The third-order valence-electron chi connectivity index (χ3n) is 4.06. The summed E-state index contributed by atoms with van der Waals surface area (Å²) in [5.41, 5.74) is -0.142. The van der Waals surface area contributed by atoms with E-state index in [1.54, 1.807) is 0 Å². The minimum absolute atomic E-state index is 0.00435. The zero-order valence-electron chi connectivity index (χ0n) is 11.5. The second kappa shape index (κ2) is 6.53. The van der Waals surface area contributed by atoms with Gasteiger partial charge in [-0.2, -0.15) is 0 Å². The van der Waals surface area contributed by atoms with Gasteiger partial charge in [-0.05, 0) is 39.2 Å². The molecule has 0 radical (unpaired) electrons. The number of ether oxygens (including phenoxy) is 1. The first kappa shape index (κ1) is 13.8. The second-order valence-corrected chi connectivity index (χ2v) is 5.83. The van der Waals surface area contributed by atoms with Crippen molar-refractivity contribution < 1.29 is 9.53 Å². The highest BCUT2D eigenvalue weighted by molar-refractivity contribution is 5.81. The Morgan fingerprint density at radius 1 is 1.33 bits per heavy atom. The lowest BCUT2D eigenvalue weighted by Gasteiger charge is -2.26. The van der Waals surface area contributed by atoms with Crippen LogP contribution < -0.4 is 10.6 Å². The monoisotopic (exact) mass is 254 g/mol. The quantitative estimate of drug-likeness (QED) is 0.804. The van der Waals surface area contributed by atoms with Gasteiger partial charge in [-0.3, -0.25) is 4.79 Å². The maximum absolute atomic E-state index is 12.1. The molecule has 0 aromatic carbocycles. The zero-order chi connectivity index (χ0) is 12.8. The van der Waals surface area contributed by atoms with Gasteiger partial charge >= 0.3 is 0 Å². The van der Waals surface area contributed by atoms with E-state index in [0.29, 0.717) is 6.54 Å². The average molecular weight is 254 g/mol. The summed E-state index contributed by atoms with van der Waals surface area (Å²) >= 11 is 0. The number of hydrogen-bond acceptors (Lipinski definition) is 3. The summed E-state index contributed by atoms with van der Waals surface area (Å²) in [4.78, 5) is 12.1. The van der Waals surface area contributed by atoms with Crippen molar-refractivity contribution >= 4 is 5.91 Å². The van der Waals surface area contributed by atoms with Crippen LogP contribution in [0, 0.1) is 0 Å². The van der Waals surface area contributed by atoms with Crippen LogP contribution in [-0.2, 0) is 9.53 Å². The van der Waals surface area contributed by atoms with E-state index in [-0.39, 0.29) is 17.6 Å². The van der Waals surface area contributed by atoms with Gasteiger partial charge < -0.3 is 15.4 Å². The Labute approximate surface area is 110 Å².